The molecule has 1 aromatic rings. The maximum atomic E-state index is 10.9. The van der Waals surface area contributed by atoms with Crippen LogP contribution in [0.15, 0.2) is 33.6 Å². The first-order valence-corrected chi connectivity index (χ1v) is 6.81. The Morgan fingerprint density at radius 1 is 1.38 bits per heavy atom. The Labute approximate surface area is 109 Å². The predicted molar refractivity (Wildman–Crippen MR) is 70.9 cm³/mol. The van der Waals surface area contributed by atoms with Crippen LogP contribution in [0.2, 0.25) is 0 Å². The van der Waals surface area contributed by atoms with Crippen molar-refractivity contribution in [1.82, 2.24) is 0 Å². The molecular formula is C12H15BrO2S. The summed E-state index contributed by atoms with van der Waals surface area (Å²) in [6.45, 7) is 3.52. The van der Waals surface area contributed by atoms with E-state index >= 15 is 0 Å². The van der Waals surface area contributed by atoms with Gasteiger partial charge in [-0.1, -0.05) is 15.9 Å². The molecule has 0 amide bonds. The van der Waals surface area contributed by atoms with Gasteiger partial charge in [-0.2, -0.15) is 0 Å². The summed E-state index contributed by atoms with van der Waals surface area (Å²) in [4.78, 5) is 12.1. The van der Waals surface area contributed by atoms with Gasteiger partial charge in [0.15, 0.2) is 0 Å². The molecule has 0 unspecified atom stereocenters. The van der Waals surface area contributed by atoms with Crippen LogP contribution in [0.1, 0.15) is 20.3 Å². The zero-order valence-corrected chi connectivity index (χ0v) is 11.8. The van der Waals surface area contributed by atoms with Crippen molar-refractivity contribution in [2.75, 3.05) is 5.75 Å². The van der Waals surface area contributed by atoms with Crippen LogP contribution in [0.3, 0.4) is 0 Å². The molecule has 0 aromatic heterocycles. The number of carboxylic acid groups (broad SMARTS) is 1. The zero-order chi connectivity index (χ0) is 12.2. The third-order valence-corrected chi connectivity index (χ3v) is 3.93. The molecule has 4 heteroatoms. The standard InChI is InChI=1S/C12H15BrO2S/c1-12(2,11(14)15)7-8-16-10-5-3-9(13)4-6-10/h3-6H,7-8H2,1-2H3,(H,14,15). The van der Waals surface area contributed by atoms with E-state index in [9.17, 15) is 4.79 Å². The topological polar surface area (TPSA) is 37.3 Å². The van der Waals surface area contributed by atoms with Crippen LogP contribution >= 0.6 is 27.7 Å². The van der Waals surface area contributed by atoms with Crippen LogP contribution in [-0.4, -0.2) is 16.8 Å². The predicted octanol–water partition coefficient (Wildman–Crippen LogP) is 4.04. The van der Waals surface area contributed by atoms with Crippen LogP contribution in [0.5, 0.6) is 0 Å². The van der Waals surface area contributed by atoms with E-state index in [1.54, 1.807) is 25.6 Å². The highest BCUT2D eigenvalue weighted by Gasteiger charge is 2.26. The normalized spacial score (nSPS) is 11.4. The molecule has 0 radical (unpaired) electrons. The van der Waals surface area contributed by atoms with E-state index in [0.29, 0.717) is 6.42 Å². The highest BCUT2D eigenvalue weighted by Crippen LogP contribution is 2.27. The van der Waals surface area contributed by atoms with E-state index < -0.39 is 11.4 Å². The molecule has 1 N–H and O–H groups in total. The fourth-order valence-corrected chi connectivity index (χ4v) is 2.50. The largest absolute Gasteiger partial charge is 0.481 e. The van der Waals surface area contributed by atoms with Crippen molar-refractivity contribution in [2.45, 2.75) is 25.2 Å². The Kier molecular flexibility index (Phi) is 4.87. The van der Waals surface area contributed by atoms with Gasteiger partial charge in [0.2, 0.25) is 0 Å². The van der Waals surface area contributed by atoms with Crippen LogP contribution in [0.4, 0.5) is 0 Å². The number of benzene rings is 1. The lowest BCUT2D eigenvalue weighted by atomic mass is 9.91. The van der Waals surface area contributed by atoms with E-state index in [1.807, 2.05) is 24.3 Å². The summed E-state index contributed by atoms with van der Waals surface area (Å²) in [6, 6.07) is 8.04. The highest BCUT2D eigenvalue weighted by atomic mass is 79.9. The number of aliphatic carboxylic acids is 1. The van der Waals surface area contributed by atoms with Gasteiger partial charge in [0.05, 0.1) is 5.41 Å². The molecule has 0 spiro atoms. The van der Waals surface area contributed by atoms with E-state index in [4.69, 9.17) is 5.11 Å². The first-order chi connectivity index (χ1) is 7.42. The monoisotopic (exact) mass is 302 g/mol. The van der Waals surface area contributed by atoms with Crippen molar-refractivity contribution >= 4 is 33.7 Å². The fourth-order valence-electron chi connectivity index (χ4n) is 1.06. The Morgan fingerprint density at radius 3 is 2.44 bits per heavy atom. The minimum atomic E-state index is -0.732. The number of carboxylic acids is 1. The molecule has 16 heavy (non-hydrogen) atoms. The number of hydrogen-bond acceptors (Lipinski definition) is 2. The van der Waals surface area contributed by atoms with Crippen LogP contribution in [0.25, 0.3) is 0 Å². The molecule has 88 valence electrons. The quantitative estimate of drug-likeness (QED) is 0.834. The molecule has 0 aliphatic rings. The summed E-state index contributed by atoms with van der Waals surface area (Å²) in [5, 5.41) is 8.96. The smallest absolute Gasteiger partial charge is 0.309 e. The summed E-state index contributed by atoms with van der Waals surface area (Å²) >= 11 is 5.07. The van der Waals surface area contributed by atoms with E-state index in [2.05, 4.69) is 15.9 Å². The van der Waals surface area contributed by atoms with Crippen LogP contribution < -0.4 is 0 Å². The van der Waals surface area contributed by atoms with Gasteiger partial charge in [-0.25, -0.2) is 0 Å². The molecule has 0 aliphatic heterocycles. The van der Waals surface area contributed by atoms with Crippen LogP contribution in [-0.2, 0) is 4.79 Å². The van der Waals surface area contributed by atoms with Crippen molar-refractivity contribution in [2.24, 2.45) is 5.41 Å². The number of rotatable bonds is 5. The number of thioether (sulfide) groups is 1. The Balaban J connectivity index is 2.41. The second-order valence-electron chi connectivity index (χ2n) is 4.24. The molecule has 0 saturated carbocycles. The fraction of sp³-hybridized carbons (Fsp3) is 0.417. The summed E-state index contributed by atoms with van der Waals surface area (Å²) in [5.74, 6) is 0.0879. The lowest BCUT2D eigenvalue weighted by Crippen LogP contribution is -2.24. The second-order valence-corrected chi connectivity index (χ2v) is 6.33. The van der Waals surface area contributed by atoms with Gasteiger partial charge in [0.25, 0.3) is 0 Å². The van der Waals surface area contributed by atoms with Crippen molar-refractivity contribution in [3.8, 4) is 0 Å². The molecule has 1 aromatic carbocycles. The second kappa shape index (κ2) is 5.73. The maximum absolute atomic E-state index is 10.9. The van der Waals surface area contributed by atoms with Crippen molar-refractivity contribution in [3.63, 3.8) is 0 Å². The number of carbonyl (C=O) groups is 1. The SMILES string of the molecule is CC(C)(CCSc1ccc(Br)cc1)C(=O)O. The average molecular weight is 303 g/mol. The molecule has 0 heterocycles. The van der Waals surface area contributed by atoms with Gasteiger partial charge < -0.3 is 5.11 Å². The van der Waals surface area contributed by atoms with E-state index in [-0.39, 0.29) is 0 Å². The molecular weight excluding hydrogens is 288 g/mol. The van der Waals surface area contributed by atoms with Gasteiger partial charge >= 0.3 is 5.97 Å². The first-order valence-electron chi connectivity index (χ1n) is 5.03. The Bertz CT molecular complexity index is 360. The molecule has 0 aliphatic carbocycles. The molecule has 0 bridgehead atoms. The average Bonchev–Trinajstić information content (AvgIpc) is 2.20. The number of hydrogen-bond donors (Lipinski definition) is 1. The van der Waals surface area contributed by atoms with Crippen LogP contribution in [0, 0.1) is 5.41 Å². The minimum absolute atomic E-state index is 0.637. The van der Waals surface area contributed by atoms with Crippen molar-refractivity contribution in [1.29, 1.82) is 0 Å². The highest BCUT2D eigenvalue weighted by molar-refractivity contribution is 9.10. The Morgan fingerprint density at radius 2 is 1.94 bits per heavy atom. The summed E-state index contributed by atoms with van der Waals surface area (Å²) < 4.78 is 1.06. The molecule has 0 saturated heterocycles. The molecule has 1 rings (SSSR count). The summed E-state index contributed by atoms with van der Waals surface area (Å²) in [6.07, 6.45) is 0.670. The lowest BCUT2D eigenvalue weighted by molar-refractivity contribution is -0.146. The minimum Gasteiger partial charge on any atom is -0.481 e. The van der Waals surface area contributed by atoms with Crippen molar-refractivity contribution < 1.29 is 9.90 Å². The van der Waals surface area contributed by atoms with Gasteiger partial charge in [0, 0.05) is 9.37 Å². The van der Waals surface area contributed by atoms with Gasteiger partial charge in [0.1, 0.15) is 0 Å². The van der Waals surface area contributed by atoms with Gasteiger partial charge in [-0.05, 0) is 50.3 Å². The molecule has 0 atom stereocenters. The summed E-state index contributed by atoms with van der Waals surface area (Å²) in [7, 11) is 0. The third-order valence-electron chi connectivity index (χ3n) is 2.39. The Hall–Kier alpha value is -0.480. The first kappa shape index (κ1) is 13.6. The molecule has 2 nitrogen and oxygen atoms in total. The molecule has 0 fully saturated rings. The van der Waals surface area contributed by atoms with E-state index in [1.165, 1.54) is 4.90 Å². The van der Waals surface area contributed by atoms with Crippen molar-refractivity contribution in [3.05, 3.63) is 28.7 Å². The van der Waals surface area contributed by atoms with E-state index in [0.717, 1.165) is 10.2 Å². The lowest BCUT2D eigenvalue weighted by Gasteiger charge is -2.18. The van der Waals surface area contributed by atoms with Gasteiger partial charge in [-0.3, -0.25) is 4.79 Å². The summed E-state index contributed by atoms with van der Waals surface area (Å²) in [5.41, 5.74) is -0.637. The maximum Gasteiger partial charge on any atom is 0.309 e. The zero-order valence-electron chi connectivity index (χ0n) is 9.37. The number of halogens is 1. The van der Waals surface area contributed by atoms with Gasteiger partial charge in [-0.15, -0.1) is 11.8 Å². The third kappa shape index (κ3) is 4.18.